The SMILES string of the molecule is O=[N+]([O-])c1cc2occc2cc1Oc1ccccc1F. The van der Waals surface area contributed by atoms with Gasteiger partial charge in [-0.05, 0) is 24.3 Å². The number of fused-ring (bicyclic) bond motifs is 1. The van der Waals surface area contributed by atoms with Gasteiger partial charge < -0.3 is 9.15 Å². The fourth-order valence-corrected chi connectivity index (χ4v) is 1.85. The van der Waals surface area contributed by atoms with Crippen molar-refractivity contribution in [3.8, 4) is 11.5 Å². The van der Waals surface area contributed by atoms with Gasteiger partial charge in [0.1, 0.15) is 5.58 Å². The first-order valence-corrected chi connectivity index (χ1v) is 5.73. The minimum atomic E-state index is -0.599. The Balaban J connectivity index is 2.12. The molecule has 1 aromatic heterocycles. The highest BCUT2D eigenvalue weighted by Crippen LogP contribution is 2.36. The topological polar surface area (TPSA) is 65.5 Å². The van der Waals surface area contributed by atoms with Crippen molar-refractivity contribution in [3.63, 3.8) is 0 Å². The molecule has 3 aromatic rings. The molecular formula is C14H8FNO4. The Morgan fingerprint density at radius 2 is 1.95 bits per heavy atom. The van der Waals surface area contributed by atoms with Crippen LogP contribution in [0.15, 0.2) is 53.1 Å². The normalized spacial score (nSPS) is 10.7. The molecule has 0 radical (unpaired) electrons. The van der Waals surface area contributed by atoms with Crippen LogP contribution in [0.25, 0.3) is 11.0 Å². The smallest absolute Gasteiger partial charge is 0.315 e. The molecule has 3 rings (SSSR count). The van der Waals surface area contributed by atoms with Crippen molar-refractivity contribution in [1.82, 2.24) is 0 Å². The molecule has 0 aliphatic rings. The number of hydrogen-bond acceptors (Lipinski definition) is 4. The summed E-state index contributed by atoms with van der Waals surface area (Å²) in [5.41, 5.74) is 0.0910. The van der Waals surface area contributed by atoms with Gasteiger partial charge in [-0.1, -0.05) is 12.1 Å². The first kappa shape index (κ1) is 12.2. The van der Waals surface area contributed by atoms with Crippen molar-refractivity contribution in [1.29, 1.82) is 0 Å². The van der Waals surface area contributed by atoms with Gasteiger partial charge in [0.2, 0.25) is 5.75 Å². The van der Waals surface area contributed by atoms with Crippen LogP contribution in [0.3, 0.4) is 0 Å². The highest BCUT2D eigenvalue weighted by atomic mass is 19.1. The fourth-order valence-electron chi connectivity index (χ4n) is 1.85. The number of ether oxygens (including phenoxy) is 1. The van der Waals surface area contributed by atoms with E-state index in [1.807, 2.05) is 0 Å². The molecule has 100 valence electrons. The van der Waals surface area contributed by atoms with Gasteiger partial charge in [-0.2, -0.15) is 0 Å². The molecule has 20 heavy (non-hydrogen) atoms. The lowest BCUT2D eigenvalue weighted by molar-refractivity contribution is -0.385. The number of benzene rings is 2. The van der Waals surface area contributed by atoms with Gasteiger partial charge in [-0.3, -0.25) is 10.1 Å². The van der Waals surface area contributed by atoms with Crippen LogP contribution in [0.4, 0.5) is 10.1 Å². The second kappa shape index (κ2) is 4.65. The lowest BCUT2D eigenvalue weighted by atomic mass is 10.2. The van der Waals surface area contributed by atoms with Crippen LogP contribution in [-0.4, -0.2) is 4.92 Å². The molecule has 1 heterocycles. The summed E-state index contributed by atoms with van der Waals surface area (Å²) in [6, 6.07) is 10.1. The molecule has 0 atom stereocenters. The molecule has 6 heteroatoms. The molecule has 0 spiro atoms. The molecule has 0 aliphatic carbocycles. The van der Waals surface area contributed by atoms with Crippen LogP contribution in [-0.2, 0) is 0 Å². The standard InChI is InChI=1S/C14H8FNO4/c15-10-3-1-2-4-12(10)20-14-7-9-5-6-19-13(9)8-11(14)16(17)18/h1-8H. The van der Waals surface area contributed by atoms with E-state index in [1.165, 1.54) is 36.6 Å². The van der Waals surface area contributed by atoms with Gasteiger partial charge in [0.25, 0.3) is 0 Å². The number of para-hydroxylation sites is 1. The molecule has 0 saturated carbocycles. The van der Waals surface area contributed by atoms with E-state index in [0.29, 0.717) is 11.0 Å². The summed E-state index contributed by atoms with van der Waals surface area (Å²) in [5, 5.41) is 11.7. The highest BCUT2D eigenvalue weighted by Gasteiger charge is 2.19. The average Bonchev–Trinajstić information content (AvgIpc) is 2.87. The van der Waals surface area contributed by atoms with Gasteiger partial charge in [-0.25, -0.2) is 4.39 Å². The maximum absolute atomic E-state index is 13.5. The van der Waals surface area contributed by atoms with E-state index in [0.717, 1.165) is 0 Å². The van der Waals surface area contributed by atoms with Crippen LogP contribution in [0.2, 0.25) is 0 Å². The van der Waals surface area contributed by atoms with Crippen molar-refractivity contribution in [2.75, 3.05) is 0 Å². The molecule has 0 fully saturated rings. The lowest BCUT2D eigenvalue weighted by Crippen LogP contribution is -1.94. The third-order valence-corrected chi connectivity index (χ3v) is 2.79. The van der Waals surface area contributed by atoms with Crippen molar-refractivity contribution >= 4 is 16.7 Å². The number of halogens is 1. The zero-order valence-corrected chi connectivity index (χ0v) is 10.1. The minimum absolute atomic E-state index is 0.0333. The van der Waals surface area contributed by atoms with Crippen LogP contribution in [0.5, 0.6) is 11.5 Å². The third-order valence-electron chi connectivity index (χ3n) is 2.79. The van der Waals surface area contributed by atoms with Crippen molar-refractivity contribution in [2.24, 2.45) is 0 Å². The lowest BCUT2D eigenvalue weighted by Gasteiger charge is -2.07. The van der Waals surface area contributed by atoms with E-state index in [9.17, 15) is 14.5 Å². The Morgan fingerprint density at radius 3 is 2.70 bits per heavy atom. The highest BCUT2D eigenvalue weighted by molar-refractivity contribution is 5.82. The maximum Gasteiger partial charge on any atom is 0.315 e. The minimum Gasteiger partial charge on any atom is -0.464 e. The Morgan fingerprint density at radius 1 is 1.15 bits per heavy atom. The molecule has 0 bridgehead atoms. The predicted octanol–water partition coefficient (Wildman–Crippen LogP) is 4.27. The number of rotatable bonds is 3. The number of nitrogens with zero attached hydrogens (tertiary/aromatic N) is 1. The molecule has 0 N–H and O–H groups in total. The average molecular weight is 273 g/mol. The van der Waals surface area contributed by atoms with Crippen LogP contribution in [0, 0.1) is 15.9 Å². The number of nitro benzene ring substituents is 1. The fraction of sp³-hybridized carbons (Fsp3) is 0. The van der Waals surface area contributed by atoms with E-state index in [-0.39, 0.29) is 17.2 Å². The van der Waals surface area contributed by atoms with Gasteiger partial charge in [-0.15, -0.1) is 0 Å². The monoisotopic (exact) mass is 273 g/mol. The van der Waals surface area contributed by atoms with Gasteiger partial charge in [0.15, 0.2) is 11.6 Å². The van der Waals surface area contributed by atoms with E-state index in [2.05, 4.69) is 0 Å². The number of furan rings is 1. The zero-order chi connectivity index (χ0) is 14.1. The molecule has 0 aliphatic heterocycles. The Hall–Kier alpha value is -2.89. The Labute approximate surface area is 112 Å². The zero-order valence-electron chi connectivity index (χ0n) is 10.1. The second-order valence-corrected chi connectivity index (χ2v) is 4.07. The molecule has 0 saturated heterocycles. The summed E-state index contributed by atoms with van der Waals surface area (Å²) >= 11 is 0. The van der Waals surface area contributed by atoms with E-state index < -0.39 is 10.7 Å². The molecule has 5 nitrogen and oxygen atoms in total. The molecular weight excluding hydrogens is 265 g/mol. The van der Waals surface area contributed by atoms with E-state index in [4.69, 9.17) is 9.15 Å². The van der Waals surface area contributed by atoms with Crippen LogP contribution < -0.4 is 4.74 Å². The Bertz CT molecular complexity index is 797. The summed E-state index contributed by atoms with van der Waals surface area (Å²) in [6.45, 7) is 0. The van der Waals surface area contributed by atoms with Crippen molar-refractivity contribution in [2.45, 2.75) is 0 Å². The molecule has 2 aromatic carbocycles. The van der Waals surface area contributed by atoms with Crippen molar-refractivity contribution < 1.29 is 18.5 Å². The second-order valence-electron chi connectivity index (χ2n) is 4.07. The largest absolute Gasteiger partial charge is 0.464 e. The van der Waals surface area contributed by atoms with E-state index >= 15 is 0 Å². The summed E-state index contributed by atoms with van der Waals surface area (Å²) in [4.78, 5) is 10.5. The van der Waals surface area contributed by atoms with Crippen LogP contribution in [0.1, 0.15) is 0 Å². The maximum atomic E-state index is 13.5. The quantitative estimate of drug-likeness (QED) is 0.528. The van der Waals surface area contributed by atoms with Gasteiger partial charge in [0.05, 0.1) is 17.3 Å². The summed E-state index contributed by atoms with van der Waals surface area (Å²) in [7, 11) is 0. The van der Waals surface area contributed by atoms with Gasteiger partial charge >= 0.3 is 5.69 Å². The summed E-state index contributed by atoms with van der Waals surface area (Å²) < 4.78 is 24.0. The van der Waals surface area contributed by atoms with E-state index in [1.54, 1.807) is 12.1 Å². The van der Waals surface area contributed by atoms with Crippen LogP contribution >= 0.6 is 0 Å². The summed E-state index contributed by atoms with van der Waals surface area (Å²) in [5.74, 6) is -0.693. The van der Waals surface area contributed by atoms with Gasteiger partial charge in [0, 0.05) is 5.39 Å². The number of nitro groups is 1. The molecule has 0 unspecified atom stereocenters. The Kier molecular flexibility index (Phi) is 2.83. The molecule has 0 amide bonds. The first-order chi connectivity index (χ1) is 9.65. The van der Waals surface area contributed by atoms with Crippen molar-refractivity contribution in [3.05, 3.63) is 64.7 Å². The summed E-state index contributed by atoms with van der Waals surface area (Å²) in [6.07, 6.45) is 1.42. The predicted molar refractivity (Wildman–Crippen MR) is 69.3 cm³/mol. The number of hydrogen-bond donors (Lipinski definition) is 0. The first-order valence-electron chi connectivity index (χ1n) is 5.73. The third kappa shape index (κ3) is 2.07.